The van der Waals surface area contributed by atoms with Crippen molar-refractivity contribution in [1.82, 2.24) is 9.80 Å². The molecule has 0 saturated carbocycles. The van der Waals surface area contributed by atoms with Crippen LogP contribution in [0.1, 0.15) is 39.2 Å². The number of hydrogen-bond acceptors (Lipinski definition) is 6. The van der Waals surface area contributed by atoms with Crippen molar-refractivity contribution in [2.75, 3.05) is 26.2 Å². The van der Waals surface area contributed by atoms with Crippen LogP contribution < -0.4 is 4.74 Å². The maximum Gasteiger partial charge on any atom is 0.294 e. The molecule has 28 heavy (non-hydrogen) atoms. The van der Waals surface area contributed by atoms with E-state index in [1.54, 1.807) is 30.0 Å². The second-order valence-electron chi connectivity index (χ2n) is 6.31. The van der Waals surface area contributed by atoms with Gasteiger partial charge in [-0.1, -0.05) is 19.9 Å². The fourth-order valence-corrected chi connectivity index (χ4v) is 3.65. The molecule has 1 aromatic rings. The smallest absolute Gasteiger partial charge is 0.294 e. The van der Waals surface area contributed by atoms with Gasteiger partial charge in [-0.2, -0.15) is 0 Å². The lowest BCUT2D eigenvalue weighted by molar-refractivity contribution is -0.135. The number of carbonyl (C=O) groups excluding carboxylic acids is 3. The Morgan fingerprint density at radius 3 is 2.50 bits per heavy atom. The van der Waals surface area contributed by atoms with Crippen molar-refractivity contribution in [3.8, 4) is 11.5 Å². The van der Waals surface area contributed by atoms with Gasteiger partial charge in [0.15, 0.2) is 11.5 Å². The van der Waals surface area contributed by atoms with E-state index in [1.807, 2.05) is 13.8 Å². The van der Waals surface area contributed by atoms with Gasteiger partial charge < -0.3 is 14.7 Å². The van der Waals surface area contributed by atoms with Gasteiger partial charge in [0, 0.05) is 13.1 Å². The molecule has 0 radical (unpaired) electrons. The van der Waals surface area contributed by atoms with Crippen molar-refractivity contribution in [3.05, 3.63) is 28.7 Å². The van der Waals surface area contributed by atoms with E-state index in [4.69, 9.17) is 4.74 Å². The van der Waals surface area contributed by atoms with Gasteiger partial charge >= 0.3 is 0 Å². The molecular formula is C20H26N2O5S. The lowest BCUT2D eigenvalue weighted by Crippen LogP contribution is -2.42. The zero-order valence-corrected chi connectivity index (χ0v) is 17.3. The molecule has 1 aliphatic rings. The summed E-state index contributed by atoms with van der Waals surface area (Å²) in [5, 5.41) is 9.32. The molecule has 0 aliphatic carbocycles. The molecule has 0 bridgehead atoms. The minimum atomic E-state index is -0.484. The van der Waals surface area contributed by atoms with Crippen LogP contribution in [0.2, 0.25) is 0 Å². The SMILES string of the molecule is CCCN(CCC)C(=O)CN1C(=O)S/C(=C\c2ccc(O)c(OCC)c2)C1=O. The summed E-state index contributed by atoms with van der Waals surface area (Å²) in [6, 6.07) is 4.70. The number of phenols is 1. The van der Waals surface area contributed by atoms with Crippen molar-refractivity contribution in [2.24, 2.45) is 0 Å². The molecule has 3 amide bonds. The highest BCUT2D eigenvalue weighted by Gasteiger charge is 2.37. The van der Waals surface area contributed by atoms with Crippen LogP contribution in [0.3, 0.4) is 0 Å². The Kier molecular flexibility index (Phi) is 7.92. The molecule has 0 atom stereocenters. The Hall–Kier alpha value is -2.48. The number of hydrogen-bond donors (Lipinski definition) is 1. The van der Waals surface area contributed by atoms with Gasteiger partial charge in [-0.3, -0.25) is 19.3 Å². The first-order valence-electron chi connectivity index (χ1n) is 9.40. The van der Waals surface area contributed by atoms with Gasteiger partial charge in [0.05, 0.1) is 11.5 Å². The number of ether oxygens (including phenoxy) is 1. The number of carbonyl (C=O) groups is 3. The highest BCUT2D eigenvalue weighted by molar-refractivity contribution is 8.18. The van der Waals surface area contributed by atoms with Crippen LogP contribution in [-0.2, 0) is 9.59 Å². The van der Waals surface area contributed by atoms with E-state index in [1.165, 1.54) is 6.07 Å². The monoisotopic (exact) mass is 406 g/mol. The fraction of sp³-hybridized carbons (Fsp3) is 0.450. The number of rotatable bonds is 9. The van der Waals surface area contributed by atoms with E-state index < -0.39 is 11.1 Å². The summed E-state index contributed by atoms with van der Waals surface area (Å²) in [6.45, 7) is 7.11. The first-order chi connectivity index (χ1) is 13.4. The Morgan fingerprint density at radius 2 is 1.89 bits per heavy atom. The number of thioether (sulfide) groups is 1. The molecule has 0 unspecified atom stereocenters. The van der Waals surface area contributed by atoms with Crippen molar-refractivity contribution in [3.63, 3.8) is 0 Å². The molecule has 1 aliphatic heterocycles. The Bertz CT molecular complexity index is 772. The summed E-state index contributed by atoms with van der Waals surface area (Å²) in [5.74, 6) is -0.400. The zero-order chi connectivity index (χ0) is 20.7. The molecule has 1 fully saturated rings. The van der Waals surface area contributed by atoms with Crippen LogP contribution in [0, 0.1) is 0 Å². The molecule has 8 heteroatoms. The molecule has 2 rings (SSSR count). The van der Waals surface area contributed by atoms with Crippen LogP contribution in [0.25, 0.3) is 6.08 Å². The maximum atomic E-state index is 12.6. The van der Waals surface area contributed by atoms with Crippen molar-refractivity contribution in [1.29, 1.82) is 0 Å². The molecule has 1 heterocycles. The molecule has 1 N–H and O–H groups in total. The van der Waals surface area contributed by atoms with Crippen LogP contribution in [-0.4, -0.2) is 58.2 Å². The molecule has 0 spiro atoms. The van der Waals surface area contributed by atoms with E-state index in [0.717, 1.165) is 29.5 Å². The predicted molar refractivity (Wildman–Crippen MR) is 109 cm³/mol. The Labute approximate surface area is 169 Å². The minimum Gasteiger partial charge on any atom is -0.504 e. The maximum absolute atomic E-state index is 12.6. The highest BCUT2D eigenvalue weighted by atomic mass is 32.2. The van der Waals surface area contributed by atoms with Crippen molar-refractivity contribution >= 4 is 34.9 Å². The molecule has 152 valence electrons. The number of imide groups is 1. The normalized spacial score (nSPS) is 15.4. The second-order valence-corrected chi connectivity index (χ2v) is 7.30. The third-order valence-corrected chi connectivity index (χ3v) is 5.00. The van der Waals surface area contributed by atoms with Gasteiger partial charge in [0.2, 0.25) is 5.91 Å². The quantitative estimate of drug-likeness (QED) is 0.632. The topological polar surface area (TPSA) is 87.2 Å². The van der Waals surface area contributed by atoms with E-state index in [2.05, 4.69) is 0 Å². The molecular weight excluding hydrogens is 380 g/mol. The fourth-order valence-electron chi connectivity index (χ4n) is 2.82. The van der Waals surface area contributed by atoms with Crippen LogP contribution in [0.15, 0.2) is 23.1 Å². The van der Waals surface area contributed by atoms with Gasteiger partial charge in [0.1, 0.15) is 6.54 Å². The van der Waals surface area contributed by atoms with Crippen LogP contribution in [0.5, 0.6) is 11.5 Å². The molecule has 1 aromatic carbocycles. The first-order valence-corrected chi connectivity index (χ1v) is 10.2. The number of phenolic OH excluding ortho intramolecular Hbond substituents is 1. The zero-order valence-electron chi connectivity index (χ0n) is 16.4. The Morgan fingerprint density at radius 1 is 1.21 bits per heavy atom. The number of nitrogens with zero attached hydrogens (tertiary/aromatic N) is 2. The van der Waals surface area contributed by atoms with Gasteiger partial charge in [0.25, 0.3) is 11.1 Å². The number of amides is 3. The standard InChI is InChI=1S/C20H26N2O5S/c1-4-9-21(10-5-2)18(24)13-22-19(25)17(28-20(22)26)12-14-7-8-15(23)16(11-14)27-6-3/h7-8,11-12,23H,4-6,9-10,13H2,1-3H3/b17-12-. The average Bonchev–Trinajstić information content (AvgIpc) is 2.92. The lowest BCUT2D eigenvalue weighted by Gasteiger charge is -2.23. The largest absolute Gasteiger partial charge is 0.504 e. The van der Waals surface area contributed by atoms with Crippen molar-refractivity contribution in [2.45, 2.75) is 33.6 Å². The summed E-state index contributed by atoms with van der Waals surface area (Å²) in [4.78, 5) is 40.3. The van der Waals surface area contributed by atoms with E-state index in [9.17, 15) is 19.5 Å². The third-order valence-electron chi connectivity index (χ3n) is 4.09. The highest BCUT2D eigenvalue weighted by Crippen LogP contribution is 2.34. The summed E-state index contributed by atoms with van der Waals surface area (Å²) in [5.41, 5.74) is 0.622. The summed E-state index contributed by atoms with van der Waals surface area (Å²) >= 11 is 0.805. The molecule has 1 saturated heterocycles. The molecule has 7 nitrogen and oxygen atoms in total. The van der Waals surface area contributed by atoms with E-state index in [0.29, 0.717) is 31.0 Å². The third kappa shape index (κ3) is 5.28. The van der Waals surface area contributed by atoms with Crippen LogP contribution >= 0.6 is 11.8 Å². The van der Waals surface area contributed by atoms with E-state index in [-0.39, 0.29) is 23.1 Å². The van der Waals surface area contributed by atoms with E-state index >= 15 is 0 Å². The lowest BCUT2D eigenvalue weighted by atomic mass is 10.2. The molecule has 0 aromatic heterocycles. The van der Waals surface area contributed by atoms with Gasteiger partial charge in [-0.15, -0.1) is 0 Å². The van der Waals surface area contributed by atoms with Gasteiger partial charge in [-0.25, -0.2) is 0 Å². The Balaban J connectivity index is 2.15. The van der Waals surface area contributed by atoms with Crippen molar-refractivity contribution < 1.29 is 24.2 Å². The number of benzene rings is 1. The first kappa shape index (κ1) is 21.8. The summed E-state index contributed by atoms with van der Waals surface area (Å²) in [7, 11) is 0. The summed E-state index contributed by atoms with van der Waals surface area (Å²) < 4.78 is 5.34. The summed E-state index contributed by atoms with van der Waals surface area (Å²) in [6.07, 6.45) is 3.19. The van der Waals surface area contributed by atoms with Gasteiger partial charge in [-0.05, 0) is 55.3 Å². The number of aromatic hydroxyl groups is 1. The average molecular weight is 407 g/mol. The second kappa shape index (κ2) is 10.2. The van der Waals surface area contributed by atoms with Crippen LogP contribution in [0.4, 0.5) is 4.79 Å². The predicted octanol–water partition coefficient (Wildman–Crippen LogP) is 3.48. The minimum absolute atomic E-state index is 0.00430.